The summed E-state index contributed by atoms with van der Waals surface area (Å²) in [5, 5.41) is 3.35. The molecule has 0 bridgehead atoms. The van der Waals surface area contributed by atoms with Crippen molar-refractivity contribution >= 4 is 17.0 Å². The number of nitrogens with one attached hydrogen (secondary N) is 1. The zero-order valence-electron chi connectivity index (χ0n) is 9.78. The molecular formula is C12H9N5O2. The van der Waals surface area contributed by atoms with Crippen LogP contribution in [0.15, 0.2) is 41.9 Å². The minimum absolute atomic E-state index is 0.252. The van der Waals surface area contributed by atoms with Crippen LogP contribution in [0.5, 0.6) is 0 Å². The Morgan fingerprint density at radius 2 is 1.95 bits per heavy atom. The Balaban J connectivity index is 1.77. The molecule has 0 aliphatic rings. The number of carbonyl (C=O) groups excluding carboxylic acids is 1. The highest BCUT2D eigenvalue weighted by atomic mass is 16.3. The molecule has 3 aromatic heterocycles. The van der Waals surface area contributed by atoms with Gasteiger partial charge in [-0.2, -0.15) is 0 Å². The molecule has 1 N–H and O–H groups in total. The van der Waals surface area contributed by atoms with Gasteiger partial charge in [-0.3, -0.25) is 4.79 Å². The molecule has 0 unspecified atom stereocenters. The zero-order chi connectivity index (χ0) is 13.1. The Morgan fingerprint density at radius 3 is 2.79 bits per heavy atom. The van der Waals surface area contributed by atoms with Gasteiger partial charge < -0.3 is 9.73 Å². The average molecular weight is 255 g/mol. The van der Waals surface area contributed by atoms with Gasteiger partial charge in [0, 0.05) is 30.7 Å². The number of aromatic nitrogens is 4. The molecule has 0 aromatic carbocycles. The van der Waals surface area contributed by atoms with E-state index in [2.05, 4.69) is 25.3 Å². The van der Waals surface area contributed by atoms with Crippen molar-refractivity contribution in [2.75, 3.05) is 0 Å². The third-order valence-corrected chi connectivity index (χ3v) is 2.57. The minimum Gasteiger partial charge on any atom is -0.445 e. The monoisotopic (exact) mass is 255 g/mol. The van der Waals surface area contributed by atoms with Gasteiger partial charge in [-0.15, -0.1) is 0 Å². The summed E-state index contributed by atoms with van der Waals surface area (Å²) in [6.45, 7) is 0.347. The SMILES string of the molecule is O=C(NCc1cncnc1)c1coc2ncncc12. The Labute approximate surface area is 107 Å². The summed E-state index contributed by atoms with van der Waals surface area (Å²) in [4.78, 5) is 27.6. The van der Waals surface area contributed by atoms with E-state index >= 15 is 0 Å². The van der Waals surface area contributed by atoms with Crippen molar-refractivity contribution in [3.05, 3.63) is 48.6 Å². The predicted octanol–water partition coefficient (Wildman–Crippen LogP) is 0.943. The molecule has 0 aliphatic carbocycles. The number of hydrogen-bond donors (Lipinski definition) is 1. The Bertz CT molecular complexity index is 710. The lowest BCUT2D eigenvalue weighted by atomic mass is 10.2. The summed E-state index contributed by atoms with van der Waals surface area (Å²) in [6.07, 6.45) is 9.01. The maximum Gasteiger partial charge on any atom is 0.255 e. The maximum absolute atomic E-state index is 12.0. The van der Waals surface area contributed by atoms with Crippen LogP contribution in [0, 0.1) is 0 Å². The van der Waals surface area contributed by atoms with Crippen molar-refractivity contribution in [3.8, 4) is 0 Å². The van der Waals surface area contributed by atoms with Crippen LogP contribution in [0.1, 0.15) is 15.9 Å². The van der Waals surface area contributed by atoms with E-state index in [0.717, 1.165) is 5.56 Å². The fourth-order valence-corrected chi connectivity index (χ4v) is 1.65. The molecule has 1 amide bonds. The summed E-state index contributed by atoms with van der Waals surface area (Å²) in [5.41, 5.74) is 1.62. The van der Waals surface area contributed by atoms with Crippen molar-refractivity contribution in [3.63, 3.8) is 0 Å². The van der Waals surface area contributed by atoms with Gasteiger partial charge in [-0.1, -0.05) is 0 Å². The van der Waals surface area contributed by atoms with Crippen LogP contribution in [0.3, 0.4) is 0 Å². The molecule has 7 nitrogen and oxygen atoms in total. The predicted molar refractivity (Wildman–Crippen MR) is 65.0 cm³/mol. The summed E-state index contributed by atoms with van der Waals surface area (Å²) in [7, 11) is 0. The number of hydrogen-bond acceptors (Lipinski definition) is 6. The van der Waals surface area contributed by atoms with Gasteiger partial charge in [-0.05, 0) is 0 Å². The normalized spacial score (nSPS) is 10.5. The summed E-state index contributed by atoms with van der Waals surface area (Å²) in [5.74, 6) is -0.252. The lowest BCUT2D eigenvalue weighted by Crippen LogP contribution is -2.22. The molecule has 0 spiro atoms. The average Bonchev–Trinajstić information content (AvgIpc) is 2.90. The minimum atomic E-state index is -0.252. The smallest absolute Gasteiger partial charge is 0.255 e. The van der Waals surface area contributed by atoms with E-state index in [-0.39, 0.29) is 5.91 Å². The summed E-state index contributed by atoms with van der Waals surface area (Å²) < 4.78 is 5.19. The number of nitrogens with zero attached hydrogens (tertiary/aromatic N) is 4. The highest BCUT2D eigenvalue weighted by Gasteiger charge is 2.14. The van der Waals surface area contributed by atoms with Crippen LogP contribution in [-0.4, -0.2) is 25.8 Å². The molecule has 3 heterocycles. The van der Waals surface area contributed by atoms with Crippen molar-refractivity contribution in [1.82, 2.24) is 25.3 Å². The van der Waals surface area contributed by atoms with Gasteiger partial charge in [0.15, 0.2) is 0 Å². The third kappa shape index (κ3) is 2.25. The van der Waals surface area contributed by atoms with Crippen LogP contribution in [0.2, 0.25) is 0 Å². The number of furan rings is 1. The van der Waals surface area contributed by atoms with Gasteiger partial charge in [0.1, 0.15) is 18.9 Å². The molecule has 3 rings (SSSR count). The largest absolute Gasteiger partial charge is 0.445 e. The molecule has 0 atom stereocenters. The van der Waals surface area contributed by atoms with Crippen LogP contribution in [0.4, 0.5) is 0 Å². The van der Waals surface area contributed by atoms with Gasteiger partial charge in [0.05, 0.1) is 10.9 Å². The second-order valence-electron chi connectivity index (χ2n) is 3.82. The molecule has 19 heavy (non-hydrogen) atoms. The first-order chi connectivity index (χ1) is 9.34. The van der Waals surface area contributed by atoms with E-state index < -0.39 is 0 Å². The van der Waals surface area contributed by atoms with E-state index in [1.54, 1.807) is 18.6 Å². The fourth-order valence-electron chi connectivity index (χ4n) is 1.65. The van der Waals surface area contributed by atoms with E-state index in [0.29, 0.717) is 23.2 Å². The highest BCUT2D eigenvalue weighted by molar-refractivity contribution is 6.04. The second kappa shape index (κ2) is 4.81. The topological polar surface area (TPSA) is 93.8 Å². The standard InChI is InChI=1S/C12H9N5O2/c18-11(16-3-8-1-13-6-14-2-8)10-5-19-12-9(10)4-15-7-17-12/h1-2,4-7H,3H2,(H,16,18). The van der Waals surface area contributed by atoms with E-state index in [9.17, 15) is 4.79 Å². The molecule has 0 saturated heterocycles. The third-order valence-electron chi connectivity index (χ3n) is 2.57. The van der Waals surface area contributed by atoms with Gasteiger partial charge in [0.25, 0.3) is 5.91 Å². The lowest BCUT2D eigenvalue weighted by Gasteiger charge is -2.02. The molecule has 7 heteroatoms. The Hall–Kier alpha value is -2.83. The lowest BCUT2D eigenvalue weighted by molar-refractivity contribution is 0.0951. The molecule has 94 valence electrons. The number of fused-ring (bicyclic) bond motifs is 1. The number of amides is 1. The van der Waals surface area contributed by atoms with E-state index in [4.69, 9.17) is 4.42 Å². The zero-order valence-corrected chi connectivity index (χ0v) is 9.78. The van der Waals surface area contributed by atoms with Crippen LogP contribution in [0.25, 0.3) is 11.1 Å². The van der Waals surface area contributed by atoms with Gasteiger partial charge in [0.2, 0.25) is 5.71 Å². The first-order valence-electron chi connectivity index (χ1n) is 5.54. The first-order valence-corrected chi connectivity index (χ1v) is 5.54. The van der Waals surface area contributed by atoms with E-state index in [1.807, 2.05) is 0 Å². The van der Waals surface area contributed by atoms with Crippen LogP contribution in [-0.2, 0) is 6.54 Å². The van der Waals surface area contributed by atoms with Crippen molar-refractivity contribution in [1.29, 1.82) is 0 Å². The van der Waals surface area contributed by atoms with Crippen LogP contribution >= 0.6 is 0 Å². The molecule has 0 fully saturated rings. The van der Waals surface area contributed by atoms with Crippen molar-refractivity contribution in [2.45, 2.75) is 6.54 Å². The molecule has 3 aromatic rings. The van der Waals surface area contributed by atoms with E-state index in [1.165, 1.54) is 18.9 Å². The summed E-state index contributed by atoms with van der Waals surface area (Å²) >= 11 is 0. The van der Waals surface area contributed by atoms with Crippen molar-refractivity contribution < 1.29 is 9.21 Å². The Kier molecular flexibility index (Phi) is 2.85. The molecule has 0 saturated carbocycles. The highest BCUT2D eigenvalue weighted by Crippen LogP contribution is 2.17. The second-order valence-corrected chi connectivity index (χ2v) is 3.82. The van der Waals surface area contributed by atoms with Gasteiger partial charge in [-0.25, -0.2) is 19.9 Å². The quantitative estimate of drug-likeness (QED) is 0.748. The van der Waals surface area contributed by atoms with Gasteiger partial charge >= 0.3 is 0 Å². The fraction of sp³-hybridized carbons (Fsp3) is 0.0833. The van der Waals surface area contributed by atoms with Crippen LogP contribution < -0.4 is 5.32 Å². The Morgan fingerprint density at radius 1 is 1.16 bits per heavy atom. The number of carbonyl (C=O) groups is 1. The summed E-state index contributed by atoms with van der Waals surface area (Å²) in [6, 6.07) is 0. The maximum atomic E-state index is 12.0. The molecule has 0 aliphatic heterocycles. The first kappa shape index (κ1) is 11.3. The number of rotatable bonds is 3. The molecular weight excluding hydrogens is 246 g/mol. The van der Waals surface area contributed by atoms with Crippen molar-refractivity contribution in [2.24, 2.45) is 0 Å². The molecule has 0 radical (unpaired) electrons.